The topological polar surface area (TPSA) is 27.7 Å². The van der Waals surface area contributed by atoms with E-state index < -0.39 is 0 Å². The van der Waals surface area contributed by atoms with Crippen molar-refractivity contribution in [3.63, 3.8) is 0 Å². The molecule has 0 spiro atoms. The van der Waals surface area contributed by atoms with Crippen LogP contribution in [0, 0.1) is 0 Å². The van der Waals surface area contributed by atoms with Gasteiger partial charge in [0.2, 0.25) is 0 Å². The summed E-state index contributed by atoms with van der Waals surface area (Å²) in [4.78, 5) is 0. The van der Waals surface area contributed by atoms with E-state index in [1.165, 1.54) is 38.9 Å². The summed E-state index contributed by atoms with van der Waals surface area (Å²) in [5.41, 5.74) is 9.14. The molecular formula is C31H28O3. The van der Waals surface area contributed by atoms with Crippen molar-refractivity contribution < 1.29 is 14.2 Å². The number of benzene rings is 4. The molecule has 0 unspecified atom stereocenters. The first-order valence-electron chi connectivity index (χ1n) is 11.7. The quantitative estimate of drug-likeness (QED) is 0.359. The molecule has 0 aliphatic heterocycles. The summed E-state index contributed by atoms with van der Waals surface area (Å²) in [7, 11) is 5.21. The molecule has 3 aliphatic rings. The number of hydrogen-bond donors (Lipinski definition) is 0. The molecule has 0 fully saturated rings. The SMILES string of the molecule is COc1cccc(CC23Cc4cc(OC)cc(OC)c4C(c4ccccc42)c2ccccc23)c1. The van der Waals surface area contributed by atoms with Gasteiger partial charge in [-0.1, -0.05) is 60.7 Å². The van der Waals surface area contributed by atoms with Gasteiger partial charge >= 0.3 is 0 Å². The van der Waals surface area contributed by atoms with Gasteiger partial charge < -0.3 is 14.2 Å². The maximum absolute atomic E-state index is 5.98. The van der Waals surface area contributed by atoms with Crippen molar-refractivity contribution in [1.29, 1.82) is 0 Å². The third kappa shape index (κ3) is 2.96. The second-order valence-electron chi connectivity index (χ2n) is 9.30. The van der Waals surface area contributed by atoms with Crippen LogP contribution in [0.3, 0.4) is 0 Å². The Bertz CT molecular complexity index is 1340. The lowest BCUT2D eigenvalue weighted by atomic mass is 9.61. The molecule has 0 amide bonds. The number of methoxy groups -OCH3 is 3. The fourth-order valence-electron chi connectivity index (χ4n) is 6.31. The summed E-state index contributed by atoms with van der Waals surface area (Å²) >= 11 is 0. The third-order valence-electron chi connectivity index (χ3n) is 7.65. The van der Waals surface area contributed by atoms with Crippen molar-refractivity contribution in [3.8, 4) is 17.2 Å². The zero-order valence-corrected chi connectivity index (χ0v) is 19.8. The molecule has 0 aromatic heterocycles. The lowest BCUT2D eigenvalue weighted by molar-refractivity contribution is 0.389. The summed E-state index contributed by atoms with van der Waals surface area (Å²) in [6.45, 7) is 0. The van der Waals surface area contributed by atoms with E-state index in [-0.39, 0.29) is 11.3 Å². The van der Waals surface area contributed by atoms with Crippen LogP contribution in [0.2, 0.25) is 0 Å². The van der Waals surface area contributed by atoms with Crippen molar-refractivity contribution in [3.05, 3.63) is 124 Å². The summed E-state index contributed by atoms with van der Waals surface area (Å²) in [5.74, 6) is 2.75. The first-order chi connectivity index (χ1) is 16.7. The molecule has 4 aromatic carbocycles. The van der Waals surface area contributed by atoms with Crippen LogP contribution in [-0.4, -0.2) is 21.3 Å². The highest BCUT2D eigenvalue weighted by Crippen LogP contribution is 2.58. The molecule has 0 saturated heterocycles. The highest BCUT2D eigenvalue weighted by molar-refractivity contribution is 5.68. The van der Waals surface area contributed by atoms with E-state index >= 15 is 0 Å². The Morgan fingerprint density at radius 3 is 2.03 bits per heavy atom. The third-order valence-corrected chi connectivity index (χ3v) is 7.65. The molecule has 3 heteroatoms. The van der Waals surface area contributed by atoms with Crippen LogP contribution in [0.4, 0.5) is 0 Å². The van der Waals surface area contributed by atoms with Gasteiger partial charge in [-0.2, -0.15) is 0 Å². The first kappa shape index (κ1) is 20.9. The largest absolute Gasteiger partial charge is 0.497 e. The Kier molecular flexibility index (Phi) is 4.88. The summed E-state index contributed by atoms with van der Waals surface area (Å²) in [6.07, 6.45) is 1.75. The Hall–Kier alpha value is -3.72. The molecule has 7 rings (SSSR count). The molecule has 3 aliphatic carbocycles. The Labute approximate surface area is 200 Å². The van der Waals surface area contributed by atoms with Crippen LogP contribution >= 0.6 is 0 Å². The number of hydrogen-bond acceptors (Lipinski definition) is 3. The average Bonchev–Trinajstić information content (AvgIpc) is 3.09. The maximum Gasteiger partial charge on any atom is 0.126 e. The molecule has 3 nitrogen and oxygen atoms in total. The van der Waals surface area contributed by atoms with Gasteiger partial charge in [-0.05, 0) is 64.4 Å². The molecule has 4 aromatic rings. The molecule has 34 heavy (non-hydrogen) atoms. The predicted molar refractivity (Wildman–Crippen MR) is 135 cm³/mol. The Balaban J connectivity index is 1.69. The van der Waals surface area contributed by atoms with E-state index in [1.54, 1.807) is 21.3 Å². The van der Waals surface area contributed by atoms with E-state index in [0.717, 1.165) is 30.1 Å². The minimum Gasteiger partial charge on any atom is -0.497 e. The van der Waals surface area contributed by atoms with Crippen molar-refractivity contribution >= 4 is 0 Å². The summed E-state index contributed by atoms with van der Waals surface area (Å²) in [5, 5.41) is 0. The monoisotopic (exact) mass is 448 g/mol. The minimum atomic E-state index is -0.210. The summed E-state index contributed by atoms with van der Waals surface area (Å²) in [6, 6.07) is 30.7. The van der Waals surface area contributed by atoms with Gasteiger partial charge in [0.1, 0.15) is 17.2 Å². The summed E-state index contributed by atoms with van der Waals surface area (Å²) < 4.78 is 17.2. The number of rotatable bonds is 5. The van der Waals surface area contributed by atoms with Crippen LogP contribution in [0.1, 0.15) is 44.9 Å². The highest BCUT2D eigenvalue weighted by Gasteiger charge is 2.48. The van der Waals surface area contributed by atoms with Crippen LogP contribution < -0.4 is 14.2 Å². The van der Waals surface area contributed by atoms with E-state index in [9.17, 15) is 0 Å². The van der Waals surface area contributed by atoms with Gasteiger partial charge in [-0.25, -0.2) is 0 Å². The average molecular weight is 449 g/mol. The fourth-order valence-corrected chi connectivity index (χ4v) is 6.31. The van der Waals surface area contributed by atoms with Crippen molar-refractivity contribution in [1.82, 2.24) is 0 Å². The second kappa shape index (κ2) is 7.95. The van der Waals surface area contributed by atoms with E-state index in [1.807, 2.05) is 12.1 Å². The molecule has 0 saturated carbocycles. The van der Waals surface area contributed by atoms with Gasteiger partial charge in [0.05, 0.1) is 21.3 Å². The van der Waals surface area contributed by atoms with Gasteiger partial charge in [0.15, 0.2) is 0 Å². The molecule has 0 N–H and O–H groups in total. The lowest BCUT2D eigenvalue weighted by Crippen LogP contribution is -2.37. The van der Waals surface area contributed by atoms with Crippen molar-refractivity contribution in [2.75, 3.05) is 21.3 Å². The van der Waals surface area contributed by atoms with Crippen LogP contribution in [0.5, 0.6) is 17.2 Å². The van der Waals surface area contributed by atoms with Gasteiger partial charge in [-0.15, -0.1) is 0 Å². The maximum atomic E-state index is 5.98. The molecule has 0 heterocycles. The van der Waals surface area contributed by atoms with Gasteiger partial charge in [0, 0.05) is 23.0 Å². The molecular weight excluding hydrogens is 420 g/mol. The van der Waals surface area contributed by atoms with Crippen molar-refractivity contribution in [2.45, 2.75) is 24.2 Å². The number of ether oxygens (including phenoxy) is 3. The smallest absolute Gasteiger partial charge is 0.126 e. The second-order valence-corrected chi connectivity index (χ2v) is 9.30. The molecule has 2 bridgehead atoms. The molecule has 0 atom stereocenters. The van der Waals surface area contributed by atoms with Gasteiger partial charge in [0.25, 0.3) is 0 Å². The lowest BCUT2D eigenvalue weighted by Gasteiger charge is -2.41. The normalized spacial score (nSPS) is 19.4. The van der Waals surface area contributed by atoms with E-state index in [2.05, 4.69) is 72.8 Å². The van der Waals surface area contributed by atoms with E-state index in [0.29, 0.717) is 0 Å². The predicted octanol–water partition coefficient (Wildman–Crippen LogP) is 6.29. The zero-order chi connectivity index (χ0) is 23.3. The standard InChI is InChI=1S/C31H28O3/c1-32-22-10-8-9-20(15-22)18-31-19-21-16-23(33-2)17-28(34-3)29(21)30(24-11-4-6-13-26(24)31)25-12-5-7-14-27(25)31/h4-17,30H,18-19H2,1-3H3. The first-order valence-corrected chi connectivity index (χ1v) is 11.7. The van der Waals surface area contributed by atoms with Crippen molar-refractivity contribution in [2.24, 2.45) is 0 Å². The van der Waals surface area contributed by atoms with Crippen LogP contribution in [0.15, 0.2) is 84.9 Å². The molecule has 170 valence electrons. The Morgan fingerprint density at radius 2 is 1.38 bits per heavy atom. The Morgan fingerprint density at radius 1 is 0.706 bits per heavy atom. The van der Waals surface area contributed by atoms with Crippen LogP contribution in [0.25, 0.3) is 0 Å². The van der Waals surface area contributed by atoms with Gasteiger partial charge in [-0.3, -0.25) is 0 Å². The fraction of sp³-hybridized carbons (Fsp3) is 0.226. The highest BCUT2D eigenvalue weighted by atomic mass is 16.5. The van der Waals surface area contributed by atoms with E-state index in [4.69, 9.17) is 14.2 Å². The zero-order valence-electron chi connectivity index (χ0n) is 19.8. The van der Waals surface area contributed by atoms with Crippen LogP contribution in [-0.2, 0) is 18.3 Å². The minimum absolute atomic E-state index is 0.129. The molecule has 0 radical (unpaired) electrons.